The SMILES string of the molecule is Nc1c(Cl)cccc1C(=O)NCC1(CO)CCCC1. The smallest absolute Gasteiger partial charge is 0.253 e. The molecule has 0 heterocycles. The van der Waals surface area contributed by atoms with Crippen molar-refractivity contribution in [1.29, 1.82) is 0 Å². The van der Waals surface area contributed by atoms with Gasteiger partial charge in [0.2, 0.25) is 0 Å². The van der Waals surface area contributed by atoms with Crippen LogP contribution in [-0.2, 0) is 0 Å². The molecule has 0 unspecified atom stereocenters. The fourth-order valence-electron chi connectivity index (χ4n) is 2.61. The van der Waals surface area contributed by atoms with E-state index in [0.717, 1.165) is 25.7 Å². The van der Waals surface area contributed by atoms with E-state index < -0.39 is 0 Å². The van der Waals surface area contributed by atoms with Gasteiger partial charge in [0, 0.05) is 12.0 Å². The van der Waals surface area contributed by atoms with E-state index in [2.05, 4.69) is 5.32 Å². The van der Waals surface area contributed by atoms with E-state index in [1.165, 1.54) is 0 Å². The lowest BCUT2D eigenvalue weighted by Gasteiger charge is -2.26. The van der Waals surface area contributed by atoms with Crippen LogP contribution in [0.5, 0.6) is 0 Å². The Hall–Kier alpha value is -1.26. The van der Waals surface area contributed by atoms with Crippen LogP contribution >= 0.6 is 11.6 Å². The Bertz CT molecular complexity index is 471. The van der Waals surface area contributed by atoms with Gasteiger partial charge >= 0.3 is 0 Å². The number of amides is 1. The molecule has 1 aliphatic rings. The molecule has 19 heavy (non-hydrogen) atoms. The number of aliphatic hydroxyl groups excluding tert-OH is 1. The van der Waals surface area contributed by atoms with Gasteiger partial charge in [-0.25, -0.2) is 0 Å². The van der Waals surface area contributed by atoms with Gasteiger partial charge in [-0.2, -0.15) is 0 Å². The van der Waals surface area contributed by atoms with Crippen molar-refractivity contribution in [2.45, 2.75) is 25.7 Å². The summed E-state index contributed by atoms with van der Waals surface area (Å²) in [5.41, 5.74) is 6.31. The number of carbonyl (C=O) groups excluding carboxylic acids is 1. The van der Waals surface area contributed by atoms with Crippen LogP contribution in [0, 0.1) is 5.41 Å². The number of halogens is 1. The summed E-state index contributed by atoms with van der Waals surface area (Å²) < 4.78 is 0. The van der Waals surface area contributed by atoms with Gasteiger partial charge in [-0.3, -0.25) is 4.79 Å². The van der Waals surface area contributed by atoms with Gasteiger partial charge in [0.1, 0.15) is 0 Å². The van der Waals surface area contributed by atoms with Crippen LogP contribution in [0.2, 0.25) is 5.02 Å². The fourth-order valence-corrected chi connectivity index (χ4v) is 2.79. The van der Waals surface area contributed by atoms with Crippen molar-refractivity contribution in [2.24, 2.45) is 5.41 Å². The molecule has 0 aliphatic heterocycles. The second-order valence-electron chi connectivity index (χ2n) is 5.25. The number of aliphatic hydroxyl groups is 1. The van der Waals surface area contributed by atoms with Crippen LogP contribution < -0.4 is 11.1 Å². The van der Waals surface area contributed by atoms with E-state index >= 15 is 0 Å². The lowest BCUT2D eigenvalue weighted by atomic mass is 9.87. The quantitative estimate of drug-likeness (QED) is 0.741. The van der Waals surface area contributed by atoms with Crippen LogP contribution in [0.4, 0.5) is 5.69 Å². The fraction of sp³-hybridized carbons (Fsp3) is 0.500. The van der Waals surface area contributed by atoms with E-state index in [9.17, 15) is 9.90 Å². The Kier molecular flexibility index (Phi) is 4.32. The number of benzene rings is 1. The molecule has 1 saturated carbocycles. The minimum absolute atomic E-state index is 0.109. The van der Waals surface area contributed by atoms with E-state index in [4.69, 9.17) is 17.3 Å². The highest BCUT2D eigenvalue weighted by Crippen LogP contribution is 2.37. The number of carbonyl (C=O) groups is 1. The molecule has 0 atom stereocenters. The number of hydrogen-bond donors (Lipinski definition) is 3. The van der Waals surface area contributed by atoms with Crippen molar-refractivity contribution >= 4 is 23.2 Å². The summed E-state index contributed by atoms with van der Waals surface area (Å²) in [4.78, 5) is 12.1. The van der Waals surface area contributed by atoms with Gasteiger partial charge in [-0.05, 0) is 25.0 Å². The first-order chi connectivity index (χ1) is 9.08. The Labute approximate surface area is 117 Å². The summed E-state index contributed by atoms with van der Waals surface area (Å²) in [7, 11) is 0. The molecule has 104 valence electrons. The molecular weight excluding hydrogens is 264 g/mol. The first-order valence-electron chi connectivity index (χ1n) is 6.51. The van der Waals surface area contributed by atoms with Gasteiger partial charge in [-0.15, -0.1) is 0 Å². The third-order valence-electron chi connectivity index (χ3n) is 3.92. The Morgan fingerprint density at radius 2 is 2.11 bits per heavy atom. The number of nitrogen functional groups attached to an aromatic ring is 1. The monoisotopic (exact) mass is 282 g/mol. The van der Waals surface area contributed by atoms with Crippen LogP contribution in [0.1, 0.15) is 36.0 Å². The Balaban J connectivity index is 2.03. The molecular formula is C14H19ClN2O2. The summed E-state index contributed by atoms with van der Waals surface area (Å²) >= 11 is 5.89. The summed E-state index contributed by atoms with van der Waals surface area (Å²) in [5.74, 6) is -0.236. The summed E-state index contributed by atoms with van der Waals surface area (Å²) in [5, 5.41) is 12.7. The first kappa shape index (κ1) is 14.2. The normalized spacial score (nSPS) is 17.4. The number of anilines is 1. The van der Waals surface area contributed by atoms with Gasteiger partial charge in [0.25, 0.3) is 5.91 Å². The molecule has 0 aromatic heterocycles. The summed E-state index contributed by atoms with van der Waals surface area (Å²) in [6, 6.07) is 5.00. The molecule has 1 aromatic carbocycles. The molecule has 5 heteroatoms. The average molecular weight is 283 g/mol. The lowest BCUT2D eigenvalue weighted by molar-refractivity contribution is 0.0881. The van der Waals surface area contributed by atoms with Crippen LogP contribution in [0.15, 0.2) is 18.2 Å². The molecule has 0 bridgehead atoms. The average Bonchev–Trinajstić information content (AvgIpc) is 2.89. The minimum atomic E-state index is -0.236. The largest absolute Gasteiger partial charge is 0.397 e. The number of para-hydroxylation sites is 1. The second-order valence-corrected chi connectivity index (χ2v) is 5.66. The van der Waals surface area contributed by atoms with Gasteiger partial charge < -0.3 is 16.2 Å². The number of nitrogens with two attached hydrogens (primary N) is 1. The second kappa shape index (κ2) is 5.80. The minimum Gasteiger partial charge on any atom is -0.397 e. The molecule has 0 saturated heterocycles. The Morgan fingerprint density at radius 1 is 1.42 bits per heavy atom. The molecule has 4 N–H and O–H groups in total. The summed E-state index contributed by atoms with van der Waals surface area (Å²) in [6.07, 6.45) is 4.12. The molecule has 1 aliphatic carbocycles. The molecule has 2 rings (SSSR count). The van der Waals surface area contributed by atoms with Crippen molar-refractivity contribution in [3.8, 4) is 0 Å². The Morgan fingerprint density at radius 3 is 2.74 bits per heavy atom. The van der Waals surface area contributed by atoms with Crippen molar-refractivity contribution in [1.82, 2.24) is 5.32 Å². The maximum atomic E-state index is 12.1. The van der Waals surface area contributed by atoms with Gasteiger partial charge in [-0.1, -0.05) is 30.5 Å². The highest BCUT2D eigenvalue weighted by molar-refractivity contribution is 6.33. The molecule has 1 amide bonds. The van der Waals surface area contributed by atoms with Crippen molar-refractivity contribution in [3.05, 3.63) is 28.8 Å². The van der Waals surface area contributed by atoms with Crippen molar-refractivity contribution < 1.29 is 9.90 Å². The standard InChI is InChI=1S/C14H19ClN2O2/c15-11-5-3-4-10(12(11)16)13(19)17-8-14(9-18)6-1-2-7-14/h3-5,18H,1-2,6-9,16H2,(H,17,19). The van der Waals surface area contributed by atoms with E-state index in [0.29, 0.717) is 22.8 Å². The first-order valence-corrected chi connectivity index (χ1v) is 6.89. The van der Waals surface area contributed by atoms with Crippen molar-refractivity contribution in [2.75, 3.05) is 18.9 Å². The van der Waals surface area contributed by atoms with Crippen LogP contribution in [0.25, 0.3) is 0 Å². The maximum Gasteiger partial charge on any atom is 0.253 e. The third-order valence-corrected chi connectivity index (χ3v) is 4.25. The molecule has 0 radical (unpaired) electrons. The van der Waals surface area contributed by atoms with E-state index in [1.807, 2.05) is 0 Å². The zero-order valence-corrected chi connectivity index (χ0v) is 11.5. The highest BCUT2D eigenvalue weighted by atomic mass is 35.5. The highest BCUT2D eigenvalue weighted by Gasteiger charge is 2.33. The molecule has 4 nitrogen and oxygen atoms in total. The van der Waals surface area contributed by atoms with Crippen molar-refractivity contribution in [3.63, 3.8) is 0 Å². The number of hydrogen-bond acceptors (Lipinski definition) is 3. The lowest BCUT2D eigenvalue weighted by Crippen LogP contribution is -2.38. The molecule has 1 fully saturated rings. The number of nitrogens with one attached hydrogen (secondary N) is 1. The zero-order valence-electron chi connectivity index (χ0n) is 10.8. The van der Waals surface area contributed by atoms with E-state index in [1.54, 1.807) is 18.2 Å². The van der Waals surface area contributed by atoms with Crippen LogP contribution in [-0.4, -0.2) is 24.2 Å². The maximum absolute atomic E-state index is 12.1. The van der Waals surface area contributed by atoms with Gasteiger partial charge in [0.15, 0.2) is 0 Å². The third kappa shape index (κ3) is 3.01. The van der Waals surface area contributed by atoms with E-state index in [-0.39, 0.29) is 17.9 Å². The topological polar surface area (TPSA) is 75.4 Å². The predicted molar refractivity (Wildman–Crippen MR) is 76.2 cm³/mol. The zero-order chi connectivity index (χ0) is 13.9. The molecule has 0 spiro atoms. The predicted octanol–water partition coefficient (Wildman–Crippen LogP) is 2.20. The van der Waals surface area contributed by atoms with Gasteiger partial charge in [0.05, 0.1) is 22.9 Å². The summed E-state index contributed by atoms with van der Waals surface area (Å²) in [6.45, 7) is 0.590. The van der Waals surface area contributed by atoms with Crippen LogP contribution in [0.3, 0.4) is 0 Å². The molecule has 1 aromatic rings. The number of rotatable bonds is 4.